The molecule has 4 amide bonds. The smallest absolute Gasteiger partial charge is 0.321 e. The van der Waals surface area contributed by atoms with Crippen LogP contribution >= 0.6 is 23.4 Å². The number of thioether (sulfide) groups is 1. The number of carbonyl (C=O) groups excluding carboxylic acids is 6. The summed E-state index contributed by atoms with van der Waals surface area (Å²) in [4.78, 5) is 93.9. The van der Waals surface area contributed by atoms with Crippen LogP contribution in [0.4, 0.5) is 11.4 Å². The molecule has 0 aliphatic carbocycles. The predicted octanol–water partition coefficient (Wildman–Crippen LogP) is 14.7. The molecule has 4 aliphatic rings. The lowest BCUT2D eigenvalue weighted by atomic mass is 9.89. The average Bonchev–Trinajstić information content (AvgIpc) is 1.65. The van der Waals surface area contributed by atoms with E-state index in [9.17, 15) is 38.7 Å². The van der Waals surface area contributed by atoms with E-state index in [1.807, 2.05) is 182 Å². The molecule has 4 saturated heterocycles. The van der Waals surface area contributed by atoms with E-state index in [1.165, 1.54) is 5.56 Å². The summed E-state index contributed by atoms with van der Waals surface area (Å²) in [5.41, 5.74) is 12.0. The van der Waals surface area contributed by atoms with E-state index in [0.29, 0.717) is 59.7 Å². The van der Waals surface area contributed by atoms with Crippen LogP contribution < -0.4 is 20.4 Å². The summed E-state index contributed by atoms with van der Waals surface area (Å²) in [6.45, 7) is 16.9. The fourth-order valence-corrected chi connectivity index (χ4v) is 14.8. The van der Waals surface area contributed by atoms with Gasteiger partial charge in [-0.1, -0.05) is 176 Å². The van der Waals surface area contributed by atoms with Gasteiger partial charge in [0.15, 0.2) is 11.6 Å². The third kappa shape index (κ3) is 22.5. The van der Waals surface area contributed by atoms with Crippen molar-refractivity contribution in [2.75, 3.05) is 74.6 Å². The molecule has 1 atom stereocenters. The van der Waals surface area contributed by atoms with Crippen molar-refractivity contribution < 1.29 is 43.4 Å². The molecule has 4 aliphatic heterocycles. The number of ketones is 2. The molecule has 17 nitrogen and oxygen atoms in total. The highest BCUT2D eigenvalue weighted by molar-refractivity contribution is 8.02. The number of hydrogen-bond donors (Lipinski definition) is 3. The molecule has 3 N–H and O–H groups in total. The molecule has 103 heavy (non-hydrogen) atoms. The van der Waals surface area contributed by atoms with E-state index < -0.39 is 12.0 Å². The van der Waals surface area contributed by atoms with Crippen LogP contribution in [0.1, 0.15) is 142 Å². The van der Waals surface area contributed by atoms with Crippen LogP contribution in [-0.4, -0.2) is 142 Å². The maximum absolute atomic E-state index is 13.3. The zero-order chi connectivity index (χ0) is 73.1. The Hall–Kier alpha value is -9.46. The quantitative estimate of drug-likeness (QED) is 0.0293. The lowest BCUT2D eigenvalue weighted by Gasteiger charge is -2.43. The maximum atomic E-state index is 13.3. The minimum Gasteiger partial charge on any atom is -0.480 e. The summed E-state index contributed by atoms with van der Waals surface area (Å²) in [5.74, 6) is 0.301. The van der Waals surface area contributed by atoms with Gasteiger partial charge in [0.1, 0.15) is 6.04 Å². The largest absolute Gasteiger partial charge is 0.480 e. The number of nitrogens with zero attached hydrogens (tertiary/aromatic N) is 6. The number of aliphatic carboxylic acids is 1. The molecule has 7 aromatic carbocycles. The SMILES string of the molecule is CC(=O)N1CCC2(CC1)SCC(=O)N2c1cccc(C)c1.CCOCCCNC(=O)c1cc(CC(=O)/C=C/c2ccccc2)ccc1N1CCC(Cc2ccccc2)CC1.CCc1c(C(=O)N2CCCC2)cnn1-c1ccccc1Cl.Cc1ccc(C(=O)CC(NCc2ccccc2)C(=O)O)cc1. The average molecular weight is 1430 g/mol. The number of ether oxygens (including phenoxy) is 1. The number of nitrogens with one attached hydrogen (secondary N) is 2. The van der Waals surface area contributed by atoms with Crippen LogP contribution in [0.25, 0.3) is 11.8 Å². The van der Waals surface area contributed by atoms with Crippen molar-refractivity contribution in [3.05, 3.63) is 255 Å². The second-order valence-electron chi connectivity index (χ2n) is 26.4. The number of anilines is 2. The van der Waals surface area contributed by atoms with Gasteiger partial charge in [0.05, 0.1) is 44.4 Å². The number of Topliss-reactive ketones (excluding diaryl/α,β-unsaturated/α-hetero) is 1. The molecule has 1 aromatic heterocycles. The number of allylic oxidation sites excluding steroid dienone is 1. The fraction of sp³-hybridized carbons (Fsp3) is 0.357. The highest BCUT2D eigenvalue weighted by atomic mass is 35.5. The van der Waals surface area contributed by atoms with E-state index in [0.717, 1.165) is 148 Å². The molecule has 0 radical (unpaired) electrons. The number of para-hydroxylation sites is 1. The second kappa shape index (κ2) is 39.3. The molecule has 1 unspecified atom stereocenters. The van der Waals surface area contributed by atoms with Gasteiger partial charge < -0.3 is 29.9 Å². The number of halogens is 1. The lowest BCUT2D eigenvalue weighted by molar-refractivity contribution is -0.139. The molecule has 0 bridgehead atoms. The van der Waals surface area contributed by atoms with Gasteiger partial charge >= 0.3 is 5.97 Å². The van der Waals surface area contributed by atoms with Crippen LogP contribution in [0.3, 0.4) is 0 Å². The molecule has 540 valence electrons. The predicted molar refractivity (Wildman–Crippen MR) is 412 cm³/mol. The number of amides is 4. The Morgan fingerprint density at radius 1 is 0.709 bits per heavy atom. The van der Waals surface area contributed by atoms with Crippen molar-refractivity contribution in [1.29, 1.82) is 0 Å². The van der Waals surface area contributed by atoms with E-state index in [-0.39, 0.29) is 52.9 Å². The van der Waals surface area contributed by atoms with Crippen molar-refractivity contribution in [1.82, 2.24) is 30.2 Å². The van der Waals surface area contributed by atoms with Gasteiger partial charge in [-0.15, -0.1) is 11.8 Å². The van der Waals surface area contributed by atoms with E-state index in [2.05, 4.69) is 57.0 Å². The topological polar surface area (TPSA) is 204 Å². The number of benzene rings is 7. The number of carboxylic acid groups (broad SMARTS) is 1. The van der Waals surface area contributed by atoms with Gasteiger partial charge in [0.2, 0.25) is 11.8 Å². The molecule has 5 heterocycles. The number of aromatic nitrogens is 2. The highest BCUT2D eigenvalue weighted by Crippen LogP contribution is 2.47. The van der Waals surface area contributed by atoms with Gasteiger partial charge in [0.25, 0.3) is 11.8 Å². The number of aryl methyl sites for hydroxylation is 2. The number of likely N-dealkylation sites (tertiary alicyclic amines) is 2. The summed E-state index contributed by atoms with van der Waals surface area (Å²) in [5, 5.41) is 20.3. The van der Waals surface area contributed by atoms with Crippen molar-refractivity contribution in [3.63, 3.8) is 0 Å². The molecular formula is C84H97ClN8O9S. The lowest BCUT2D eigenvalue weighted by Crippen LogP contribution is -2.52. The Labute approximate surface area is 616 Å². The van der Waals surface area contributed by atoms with E-state index in [4.69, 9.17) is 16.3 Å². The molecule has 0 saturated carbocycles. The number of carbonyl (C=O) groups is 7. The van der Waals surface area contributed by atoms with Gasteiger partial charge in [-0.2, -0.15) is 5.10 Å². The summed E-state index contributed by atoms with van der Waals surface area (Å²) in [6.07, 6.45) is 14.0. The molecule has 19 heteroatoms. The summed E-state index contributed by atoms with van der Waals surface area (Å²) in [7, 11) is 0. The Balaban J connectivity index is 0.000000167. The van der Waals surface area contributed by atoms with Crippen LogP contribution in [-0.2, 0) is 49.7 Å². The van der Waals surface area contributed by atoms with Gasteiger partial charge in [0, 0.05) is 102 Å². The Morgan fingerprint density at radius 3 is 2.01 bits per heavy atom. The minimum absolute atomic E-state index is 0.0106. The molecule has 8 aromatic rings. The molecular weight excluding hydrogens is 1330 g/mol. The number of carboxylic acids is 1. The number of rotatable bonds is 24. The highest BCUT2D eigenvalue weighted by Gasteiger charge is 2.49. The third-order valence-corrected chi connectivity index (χ3v) is 20.8. The van der Waals surface area contributed by atoms with Crippen LogP contribution in [0.5, 0.6) is 0 Å². The Kier molecular flexibility index (Phi) is 29.6. The molecule has 12 rings (SSSR count). The second-order valence-corrected chi connectivity index (χ2v) is 28.2. The van der Waals surface area contributed by atoms with Gasteiger partial charge in [-0.25, -0.2) is 4.68 Å². The summed E-state index contributed by atoms with van der Waals surface area (Å²) >= 11 is 7.98. The van der Waals surface area contributed by atoms with Crippen LogP contribution in [0, 0.1) is 19.8 Å². The monoisotopic (exact) mass is 1430 g/mol. The minimum atomic E-state index is -1.02. The Bertz CT molecular complexity index is 4130. The molecule has 4 fully saturated rings. The third-order valence-electron chi connectivity index (χ3n) is 19.0. The summed E-state index contributed by atoms with van der Waals surface area (Å²) in [6, 6.07) is 57.8. The first-order valence-electron chi connectivity index (χ1n) is 36.0. The van der Waals surface area contributed by atoms with Crippen molar-refractivity contribution in [2.45, 2.75) is 123 Å². The Morgan fingerprint density at radius 2 is 1.37 bits per heavy atom. The summed E-state index contributed by atoms with van der Waals surface area (Å²) < 4.78 is 7.19. The zero-order valence-corrected chi connectivity index (χ0v) is 61.5. The fourth-order valence-electron chi connectivity index (χ4n) is 13.3. The van der Waals surface area contributed by atoms with Gasteiger partial charge in [-0.3, -0.25) is 43.8 Å². The van der Waals surface area contributed by atoms with Crippen LogP contribution in [0.2, 0.25) is 5.02 Å². The first-order chi connectivity index (χ1) is 49.9. The van der Waals surface area contributed by atoms with Crippen molar-refractivity contribution in [3.8, 4) is 5.69 Å². The first kappa shape index (κ1) is 77.7. The number of hydrogen-bond acceptors (Lipinski definition) is 12. The normalized spacial score (nSPS) is 15.1. The number of piperidine rings is 2. The van der Waals surface area contributed by atoms with Crippen LogP contribution in [0.15, 0.2) is 194 Å². The first-order valence-corrected chi connectivity index (χ1v) is 37.3. The van der Waals surface area contributed by atoms with E-state index >= 15 is 0 Å². The zero-order valence-electron chi connectivity index (χ0n) is 59.9. The molecule has 1 spiro atoms. The van der Waals surface area contributed by atoms with Gasteiger partial charge in [-0.05, 0) is 155 Å². The maximum Gasteiger partial charge on any atom is 0.321 e. The van der Waals surface area contributed by atoms with E-state index in [1.54, 1.807) is 47.8 Å². The van der Waals surface area contributed by atoms with Crippen molar-refractivity contribution in [2.24, 2.45) is 5.92 Å². The van der Waals surface area contributed by atoms with Crippen molar-refractivity contribution >= 4 is 82.0 Å². The standard InChI is InChI=1S/C34H40N2O3.C18H19NO3.C16H18ClN3O.C16H20N2O2S/c1-2-39-23-9-20-35-34(38)32-26-30(25-31(37)16-14-27-10-5-3-6-11-27)15-17-33(32)36-21-18-29(19-22-36)24-28-12-7-4-8-13-28;1-13-7-9-15(10-8-13)17(20)11-16(18(21)22)19-12-14-5-3-2-4-6-14;1-2-14-12(16(21)19-9-5-6-10-19)11-18-20(14)15-8-4-3-7-13(15)17;1-12-4-3-5-14(10-12)18-15(20)11-21-16(18)6-8-17(9-7-16)13(2)19/h3-8,10-17,26,29H,2,9,18-25H2,1H3,(H,35,38);2-10,16,19H,11-12H2,1H3,(H,21,22);3-4,7-8,11H,2,5-6,9-10H2,1H3;3-5,10H,6-9,11H2,1-2H3/b16-14+;;;.